The van der Waals surface area contributed by atoms with Gasteiger partial charge < -0.3 is 14.9 Å². The number of carbonyl (C=O) groups is 1. The van der Waals surface area contributed by atoms with Crippen LogP contribution in [-0.4, -0.2) is 32.9 Å². The molecule has 1 aromatic heterocycles. The zero-order valence-corrected chi connectivity index (χ0v) is 10.2. The van der Waals surface area contributed by atoms with Gasteiger partial charge in [-0.25, -0.2) is 4.79 Å². The fourth-order valence-electron chi connectivity index (χ4n) is 1.89. The summed E-state index contributed by atoms with van der Waals surface area (Å²) < 4.78 is 0. The lowest BCUT2D eigenvalue weighted by Gasteiger charge is -2.30. The van der Waals surface area contributed by atoms with Gasteiger partial charge in [0.2, 0.25) is 5.91 Å². The Morgan fingerprint density at radius 3 is 2.25 bits per heavy atom. The second kappa shape index (κ2) is 5.01. The fraction of sp³-hybridized carbons (Fsp3) is 0.636. The molecule has 0 saturated heterocycles. The number of imidazole rings is 1. The zero-order chi connectivity index (χ0) is 12.3. The van der Waals surface area contributed by atoms with Gasteiger partial charge in [-0.3, -0.25) is 4.79 Å². The van der Waals surface area contributed by atoms with E-state index >= 15 is 0 Å². The third-order valence-corrected chi connectivity index (χ3v) is 2.39. The highest BCUT2D eigenvalue weighted by molar-refractivity contribution is 5.78. The van der Waals surface area contributed by atoms with Gasteiger partial charge in [-0.15, -0.1) is 0 Å². The van der Waals surface area contributed by atoms with Crippen LogP contribution < -0.4 is 5.69 Å². The van der Waals surface area contributed by atoms with Crippen LogP contribution in [0.1, 0.15) is 33.4 Å². The van der Waals surface area contributed by atoms with Crippen LogP contribution in [0.4, 0.5) is 0 Å². The average molecular weight is 225 g/mol. The molecule has 1 aromatic rings. The minimum Gasteiger partial charge on any atom is -0.338 e. The van der Waals surface area contributed by atoms with Crippen molar-refractivity contribution < 1.29 is 4.79 Å². The minimum atomic E-state index is -0.275. The van der Waals surface area contributed by atoms with Crippen molar-refractivity contribution in [1.82, 2.24) is 14.9 Å². The largest absolute Gasteiger partial charge is 0.338 e. The summed E-state index contributed by atoms with van der Waals surface area (Å²) in [6, 6.07) is 0.330. The quantitative estimate of drug-likeness (QED) is 0.799. The van der Waals surface area contributed by atoms with Crippen LogP contribution in [-0.2, 0) is 11.2 Å². The average Bonchev–Trinajstić information content (AvgIpc) is 2.49. The molecule has 0 aliphatic carbocycles. The monoisotopic (exact) mass is 225 g/mol. The van der Waals surface area contributed by atoms with E-state index in [-0.39, 0.29) is 30.1 Å². The van der Waals surface area contributed by atoms with E-state index in [1.807, 2.05) is 32.6 Å². The summed E-state index contributed by atoms with van der Waals surface area (Å²) in [5, 5.41) is 0. The highest BCUT2D eigenvalue weighted by Crippen LogP contribution is 2.07. The smallest absolute Gasteiger partial charge is 0.323 e. The molecule has 0 fully saturated rings. The van der Waals surface area contributed by atoms with Crippen molar-refractivity contribution in [1.29, 1.82) is 0 Å². The molecule has 2 N–H and O–H groups in total. The topological polar surface area (TPSA) is 69.0 Å². The highest BCUT2D eigenvalue weighted by Gasteiger charge is 2.20. The van der Waals surface area contributed by atoms with E-state index in [1.165, 1.54) is 0 Å². The van der Waals surface area contributed by atoms with Gasteiger partial charge in [0.15, 0.2) is 0 Å². The summed E-state index contributed by atoms with van der Waals surface area (Å²) in [6.07, 6.45) is 1.77. The molecule has 1 rings (SSSR count). The van der Waals surface area contributed by atoms with Crippen molar-refractivity contribution in [3.05, 3.63) is 22.4 Å². The molecule has 0 atom stereocenters. The third kappa shape index (κ3) is 2.98. The predicted molar refractivity (Wildman–Crippen MR) is 62.2 cm³/mol. The summed E-state index contributed by atoms with van der Waals surface area (Å²) in [5.74, 6) is 0.0280. The molecule has 90 valence electrons. The van der Waals surface area contributed by atoms with Crippen LogP contribution in [0.25, 0.3) is 0 Å². The number of rotatable bonds is 4. The lowest BCUT2D eigenvalue weighted by molar-refractivity contribution is -0.134. The molecule has 0 spiro atoms. The van der Waals surface area contributed by atoms with Crippen LogP contribution >= 0.6 is 0 Å². The normalized spacial score (nSPS) is 11.1. The number of aromatic nitrogens is 2. The maximum atomic E-state index is 12.0. The van der Waals surface area contributed by atoms with E-state index in [9.17, 15) is 9.59 Å². The standard InChI is InChI=1S/C11H19N3O2/c1-7(2)14(8(3)4)10(15)5-9-6-12-11(16)13-9/h6-8H,5H2,1-4H3,(H2,12,13,16). The molecule has 1 heterocycles. The first-order chi connectivity index (χ1) is 7.41. The van der Waals surface area contributed by atoms with Crippen LogP contribution in [0.2, 0.25) is 0 Å². The summed E-state index contributed by atoms with van der Waals surface area (Å²) >= 11 is 0. The van der Waals surface area contributed by atoms with E-state index in [1.54, 1.807) is 6.20 Å². The molecular weight excluding hydrogens is 206 g/mol. The van der Waals surface area contributed by atoms with Crippen molar-refractivity contribution in [2.24, 2.45) is 0 Å². The Hall–Kier alpha value is -1.52. The number of H-pyrrole nitrogens is 2. The molecular formula is C11H19N3O2. The second-order valence-corrected chi connectivity index (χ2v) is 4.43. The molecule has 1 amide bonds. The first-order valence-corrected chi connectivity index (χ1v) is 5.49. The molecule has 16 heavy (non-hydrogen) atoms. The maximum Gasteiger partial charge on any atom is 0.323 e. The predicted octanol–water partition coefficient (Wildman–Crippen LogP) is 0.891. The Balaban J connectivity index is 2.73. The van der Waals surface area contributed by atoms with E-state index < -0.39 is 0 Å². The molecule has 0 aromatic carbocycles. The number of amides is 1. The van der Waals surface area contributed by atoms with Crippen LogP contribution in [0.5, 0.6) is 0 Å². The lowest BCUT2D eigenvalue weighted by Crippen LogP contribution is -2.42. The van der Waals surface area contributed by atoms with Crippen molar-refractivity contribution in [2.75, 3.05) is 0 Å². The van der Waals surface area contributed by atoms with Crippen LogP contribution in [0, 0.1) is 0 Å². The van der Waals surface area contributed by atoms with Crippen LogP contribution in [0.3, 0.4) is 0 Å². The van der Waals surface area contributed by atoms with Gasteiger partial charge in [-0.1, -0.05) is 0 Å². The molecule has 0 radical (unpaired) electrons. The van der Waals surface area contributed by atoms with Gasteiger partial charge in [0.05, 0.1) is 6.42 Å². The third-order valence-electron chi connectivity index (χ3n) is 2.39. The van der Waals surface area contributed by atoms with Gasteiger partial charge in [0.1, 0.15) is 0 Å². The molecule has 0 bridgehead atoms. The number of nitrogens with zero attached hydrogens (tertiary/aromatic N) is 1. The minimum absolute atomic E-state index is 0.0280. The molecule has 5 nitrogen and oxygen atoms in total. The van der Waals surface area contributed by atoms with Crippen molar-refractivity contribution in [2.45, 2.75) is 46.2 Å². The number of hydrogen-bond acceptors (Lipinski definition) is 2. The van der Waals surface area contributed by atoms with Gasteiger partial charge in [0.25, 0.3) is 0 Å². The van der Waals surface area contributed by atoms with Gasteiger partial charge in [-0.05, 0) is 27.7 Å². The zero-order valence-electron chi connectivity index (χ0n) is 10.2. The highest BCUT2D eigenvalue weighted by atomic mass is 16.2. The Kier molecular flexibility index (Phi) is 3.93. The number of nitrogens with one attached hydrogen (secondary N) is 2. The van der Waals surface area contributed by atoms with Crippen molar-refractivity contribution in [3.8, 4) is 0 Å². The summed E-state index contributed by atoms with van der Waals surface area (Å²) in [4.78, 5) is 29.7. The number of carbonyl (C=O) groups excluding carboxylic acids is 1. The molecule has 0 aliphatic heterocycles. The van der Waals surface area contributed by atoms with Gasteiger partial charge >= 0.3 is 5.69 Å². The second-order valence-electron chi connectivity index (χ2n) is 4.43. The first kappa shape index (κ1) is 12.5. The van der Waals surface area contributed by atoms with E-state index in [0.717, 1.165) is 0 Å². The Morgan fingerprint density at radius 2 is 1.88 bits per heavy atom. The maximum absolute atomic E-state index is 12.0. The number of aromatic amines is 2. The molecule has 5 heteroatoms. The van der Waals surface area contributed by atoms with Gasteiger partial charge in [-0.2, -0.15) is 0 Å². The Morgan fingerprint density at radius 1 is 1.31 bits per heavy atom. The van der Waals surface area contributed by atoms with Crippen molar-refractivity contribution in [3.63, 3.8) is 0 Å². The van der Waals surface area contributed by atoms with Crippen molar-refractivity contribution >= 4 is 5.91 Å². The molecule has 0 unspecified atom stereocenters. The lowest BCUT2D eigenvalue weighted by atomic mass is 10.2. The summed E-state index contributed by atoms with van der Waals surface area (Å²) in [6.45, 7) is 7.94. The first-order valence-electron chi connectivity index (χ1n) is 5.49. The Bertz CT molecular complexity index is 395. The van der Waals surface area contributed by atoms with Crippen LogP contribution in [0.15, 0.2) is 11.0 Å². The van der Waals surface area contributed by atoms with E-state index in [2.05, 4.69) is 9.97 Å². The molecule has 0 aliphatic rings. The van der Waals surface area contributed by atoms with Gasteiger partial charge in [0, 0.05) is 24.0 Å². The van der Waals surface area contributed by atoms with E-state index in [4.69, 9.17) is 0 Å². The van der Waals surface area contributed by atoms with E-state index in [0.29, 0.717) is 5.69 Å². The summed E-state index contributed by atoms with van der Waals surface area (Å²) in [5.41, 5.74) is 0.352. The summed E-state index contributed by atoms with van der Waals surface area (Å²) in [7, 11) is 0. The SMILES string of the molecule is CC(C)N(C(=O)Cc1c[nH]c(=O)[nH]1)C(C)C. The fourth-order valence-corrected chi connectivity index (χ4v) is 1.89. The Labute approximate surface area is 94.9 Å². The number of hydrogen-bond donors (Lipinski definition) is 2. The molecule has 0 saturated carbocycles.